The fourth-order valence-electron chi connectivity index (χ4n) is 2.33. The number of rotatable bonds is 4. The molecule has 1 unspecified atom stereocenters. The lowest BCUT2D eigenvalue weighted by molar-refractivity contribution is -0.123. The molecule has 1 aliphatic heterocycles. The lowest BCUT2D eigenvalue weighted by Crippen LogP contribution is -2.43. The maximum atomic E-state index is 12.2. The van der Waals surface area contributed by atoms with E-state index in [-0.39, 0.29) is 31.0 Å². The molecule has 8 nitrogen and oxygen atoms in total. The molecule has 0 saturated carbocycles. The van der Waals surface area contributed by atoms with Gasteiger partial charge in [-0.1, -0.05) is 17.4 Å². The van der Waals surface area contributed by atoms with E-state index in [4.69, 9.17) is 10.5 Å². The number of hydrogen-bond acceptors (Lipinski definition) is 7. The van der Waals surface area contributed by atoms with Crippen LogP contribution in [0.5, 0.6) is 5.75 Å². The van der Waals surface area contributed by atoms with E-state index in [0.717, 1.165) is 10.6 Å². The van der Waals surface area contributed by atoms with E-state index in [2.05, 4.69) is 15.5 Å². The van der Waals surface area contributed by atoms with E-state index >= 15 is 0 Å². The van der Waals surface area contributed by atoms with Crippen LogP contribution >= 0.6 is 11.3 Å². The number of hydrogen-bond donors (Lipinski definition) is 2. The molecule has 0 bridgehead atoms. The molecule has 2 amide bonds. The van der Waals surface area contributed by atoms with Gasteiger partial charge in [-0.25, -0.2) is 0 Å². The molecule has 3 N–H and O–H groups in total. The topological polar surface area (TPSA) is 110 Å². The molecule has 3 rings (SSSR count). The highest BCUT2D eigenvalue weighted by Gasteiger charge is 2.28. The number of nitrogens with one attached hydrogen (secondary N) is 1. The zero-order chi connectivity index (χ0) is 17.3. The predicted octanol–water partition coefficient (Wildman–Crippen LogP) is 1.23. The number of aryl methyl sites for hydroxylation is 1. The number of nitrogens with two attached hydrogens (primary N) is 1. The van der Waals surface area contributed by atoms with Crippen LogP contribution in [-0.4, -0.2) is 35.2 Å². The van der Waals surface area contributed by atoms with Crippen LogP contribution in [0.2, 0.25) is 0 Å². The Morgan fingerprint density at radius 2 is 2.29 bits per heavy atom. The largest absolute Gasteiger partial charge is 0.482 e. The summed E-state index contributed by atoms with van der Waals surface area (Å²) < 4.78 is 5.42. The standard InChI is InChI=1S/C15H17N5O3S/c1-8(16)10-3-4-12-11(5-10)20(14(22)7-23-12)6-13(21)17-15-19-18-9(2)24-15/h3-5,8H,6-7,16H2,1-2H3,(H,17,19,21). The Labute approximate surface area is 142 Å². The molecular formula is C15H17N5O3S. The molecule has 2 heterocycles. The molecule has 1 aromatic carbocycles. The number of amides is 2. The number of aromatic nitrogens is 2. The summed E-state index contributed by atoms with van der Waals surface area (Å²) in [6.07, 6.45) is 0. The minimum atomic E-state index is -0.349. The van der Waals surface area contributed by atoms with Gasteiger partial charge >= 0.3 is 0 Å². The van der Waals surface area contributed by atoms with Gasteiger partial charge in [-0.2, -0.15) is 0 Å². The Morgan fingerprint density at radius 3 is 2.96 bits per heavy atom. The summed E-state index contributed by atoms with van der Waals surface area (Å²) in [4.78, 5) is 25.8. The Morgan fingerprint density at radius 1 is 1.50 bits per heavy atom. The van der Waals surface area contributed by atoms with Crippen molar-refractivity contribution in [3.8, 4) is 5.75 Å². The van der Waals surface area contributed by atoms with Crippen molar-refractivity contribution in [1.82, 2.24) is 10.2 Å². The fourth-order valence-corrected chi connectivity index (χ4v) is 2.93. The molecule has 126 valence electrons. The third kappa shape index (κ3) is 3.36. The van der Waals surface area contributed by atoms with Crippen molar-refractivity contribution >= 4 is 34.0 Å². The van der Waals surface area contributed by atoms with E-state index < -0.39 is 0 Å². The summed E-state index contributed by atoms with van der Waals surface area (Å²) in [7, 11) is 0. The van der Waals surface area contributed by atoms with E-state index in [1.807, 2.05) is 13.0 Å². The van der Waals surface area contributed by atoms with Crippen LogP contribution in [0.25, 0.3) is 0 Å². The third-order valence-corrected chi connectivity index (χ3v) is 4.28. The molecule has 9 heteroatoms. The van der Waals surface area contributed by atoms with Crippen LogP contribution in [0.15, 0.2) is 18.2 Å². The smallest absolute Gasteiger partial charge is 0.265 e. The highest BCUT2D eigenvalue weighted by molar-refractivity contribution is 7.15. The molecule has 0 radical (unpaired) electrons. The van der Waals surface area contributed by atoms with Crippen LogP contribution in [0, 0.1) is 6.92 Å². The molecule has 0 saturated heterocycles. The van der Waals surface area contributed by atoms with E-state index in [1.165, 1.54) is 16.2 Å². The number of benzene rings is 1. The van der Waals surface area contributed by atoms with Gasteiger partial charge in [0.15, 0.2) is 6.61 Å². The molecule has 0 spiro atoms. The molecule has 1 atom stereocenters. The number of anilines is 2. The Balaban J connectivity index is 1.81. The summed E-state index contributed by atoms with van der Waals surface area (Å²) in [6.45, 7) is 3.42. The zero-order valence-electron chi connectivity index (χ0n) is 13.3. The van der Waals surface area contributed by atoms with Gasteiger partial charge in [0.05, 0.1) is 5.69 Å². The van der Waals surface area contributed by atoms with Crippen molar-refractivity contribution in [2.75, 3.05) is 23.4 Å². The molecular weight excluding hydrogens is 330 g/mol. The van der Waals surface area contributed by atoms with Crippen molar-refractivity contribution in [3.05, 3.63) is 28.8 Å². The van der Waals surface area contributed by atoms with Crippen LogP contribution in [0.3, 0.4) is 0 Å². The van der Waals surface area contributed by atoms with Crippen molar-refractivity contribution in [3.63, 3.8) is 0 Å². The van der Waals surface area contributed by atoms with Crippen molar-refractivity contribution in [2.45, 2.75) is 19.9 Å². The summed E-state index contributed by atoms with van der Waals surface area (Å²) >= 11 is 1.27. The number of ether oxygens (including phenoxy) is 1. The van der Waals surface area contributed by atoms with Crippen LogP contribution in [0.4, 0.5) is 10.8 Å². The van der Waals surface area contributed by atoms with Gasteiger partial charge in [0.2, 0.25) is 11.0 Å². The molecule has 1 aliphatic rings. The Bertz CT molecular complexity index is 789. The second-order valence-corrected chi connectivity index (χ2v) is 6.64. The lowest BCUT2D eigenvalue weighted by Gasteiger charge is -2.29. The lowest BCUT2D eigenvalue weighted by atomic mass is 10.1. The average Bonchev–Trinajstić information content (AvgIpc) is 2.94. The van der Waals surface area contributed by atoms with Gasteiger partial charge < -0.3 is 10.5 Å². The molecule has 0 fully saturated rings. The van der Waals surface area contributed by atoms with Gasteiger partial charge in [0.1, 0.15) is 17.3 Å². The molecule has 24 heavy (non-hydrogen) atoms. The fraction of sp³-hybridized carbons (Fsp3) is 0.333. The van der Waals surface area contributed by atoms with Crippen LogP contribution in [0.1, 0.15) is 23.5 Å². The van der Waals surface area contributed by atoms with E-state index in [1.54, 1.807) is 19.1 Å². The minimum Gasteiger partial charge on any atom is -0.482 e. The van der Waals surface area contributed by atoms with Gasteiger partial charge in [-0.15, -0.1) is 10.2 Å². The predicted molar refractivity (Wildman–Crippen MR) is 90.2 cm³/mol. The Hall–Kier alpha value is -2.52. The van der Waals surface area contributed by atoms with Crippen molar-refractivity contribution < 1.29 is 14.3 Å². The zero-order valence-corrected chi connectivity index (χ0v) is 14.1. The Kier molecular flexibility index (Phi) is 4.45. The summed E-state index contributed by atoms with van der Waals surface area (Å²) in [5, 5.41) is 11.5. The highest BCUT2D eigenvalue weighted by atomic mass is 32.1. The SMILES string of the molecule is Cc1nnc(NC(=O)CN2C(=O)COc3ccc(C(C)N)cc32)s1. The van der Waals surface area contributed by atoms with Gasteiger partial charge in [-0.05, 0) is 31.5 Å². The van der Waals surface area contributed by atoms with Gasteiger partial charge in [0, 0.05) is 6.04 Å². The van der Waals surface area contributed by atoms with E-state index in [0.29, 0.717) is 16.6 Å². The number of nitrogens with zero attached hydrogens (tertiary/aromatic N) is 3. The molecule has 0 aliphatic carbocycles. The van der Waals surface area contributed by atoms with Gasteiger partial charge in [0.25, 0.3) is 5.91 Å². The average molecular weight is 347 g/mol. The summed E-state index contributed by atoms with van der Waals surface area (Å²) in [6, 6.07) is 5.20. The first kappa shape index (κ1) is 16.3. The molecule has 1 aromatic heterocycles. The highest BCUT2D eigenvalue weighted by Crippen LogP contribution is 2.34. The second kappa shape index (κ2) is 6.54. The number of carbonyl (C=O) groups is 2. The quantitative estimate of drug-likeness (QED) is 0.861. The number of carbonyl (C=O) groups excluding carboxylic acids is 2. The summed E-state index contributed by atoms with van der Waals surface area (Å²) in [5.74, 6) is -0.0787. The van der Waals surface area contributed by atoms with Crippen molar-refractivity contribution in [2.24, 2.45) is 5.73 Å². The first-order valence-electron chi connectivity index (χ1n) is 7.36. The first-order chi connectivity index (χ1) is 11.4. The molecule has 2 aromatic rings. The summed E-state index contributed by atoms with van der Waals surface area (Å²) in [5.41, 5.74) is 7.30. The first-order valence-corrected chi connectivity index (χ1v) is 8.18. The minimum absolute atomic E-state index is 0.101. The third-order valence-electron chi connectivity index (χ3n) is 3.53. The number of fused-ring (bicyclic) bond motifs is 1. The van der Waals surface area contributed by atoms with E-state index in [9.17, 15) is 9.59 Å². The monoisotopic (exact) mass is 347 g/mol. The second-order valence-electron chi connectivity index (χ2n) is 5.46. The van der Waals surface area contributed by atoms with Crippen LogP contribution < -0.4 is 20.7 Å². The normalized spacial score (nSPS) is 14.8. The van der Waals surface area contributed by atoms with Crippen molar-refractivity contribution in [1.29, 1.82) is 0 Å². The van der Waals surface area contributed by atoms with Gasteiger partial charge in [-0.3, -0.25) is 19.8 Å². The van der Waals surface area contributed by atoms with Crippen LogP contribution in [-0.2, 0) is 9.59 Å². The maximum absolute atomic E-state index is 12.2. The maximum Gasteiger partial charge on any atom is 0.265 e.